The smallest absolute Gasteiger partial charge is 0.160 e. The first-order valence-corrected chi connectivity index (χ1v) is 21.3. The molecule has 0 saturated heterocycles. The average Bonchev–Trinajstić information content (AvgIpc) is 3.46. The number of hydrogen-bond donors (Lipinski definition) is 0. The van der Waals surface area contributed by atoms with Crippen molar-refractivity contribution in [1.29, 1.82) is 0 Å². The van der Waals surface area contributed by atoms with Crippen molar-refractivity contribution in [2.24, 2.45) is 0 Å². The average molecular weight is 693 g/mol. The highest BCUT2D eigenvalue weighted by atomic mass is 28.3. The van der Waals surface area contributed by atoms with E-state index in [0.717, 1.165) is 28.2 Å². The quantitative estimate of drug-likeness (QED) is 0.168. The lowest BCUT2D eigenvalue weighted by Crippen LogP contribution is -2.50. The van der Waals surface area contributed by atoms with E-state index < -0.39 is 8.07 Å². The summed E-state index contributed by atoms with van der Waals surface area (Å²) in [6.07, 6.45) is 0. The second-order valence-electron chi connectivity index (χ2n) is 14.6. The van der Waals surface area contributed by atoms with Crippen LogP contribution < -0.4 is 10.5 Å². The predicted molar refractivity (Wildman–Crippen MR) is 226 cm³/mol. The lowest BCUT2D eigenvalue weighted by Gasteiger charge is -2.19. The molecule has 1 aliphatic rings. The number of benzene rings is 8. The minimum atomic E-state index is -2.19. The topological polar surface area (TPSA) is 25.8 Å². The second-order valence-corrected chi connectivity index (χ2v) is 18.8. The molecule has 8 aromatic carbocycles. The SMILES string of the molecule is C[Si]1(C)c2ccc3ccccc3c2-c2c(-c3cccc(-c4cccc(-c5ccc(-c6ccccc6)cc5)c4)c3)nc(-c3cccc4ccccc34)nc21. The van der Waals surface area contributed by atoms with Gasteiger partial charge in [0.05, 0.1) is 5.69 Å². The summed E-state index contributed by atoms with van der Waals surface area (Å²) in [5.74, 6) is 0.791. The van der Waals surface area contributed by atoms with Gasteiger partial charge in [-0.3, -0.25) is 0 Å². The number of nitrogens with zero attached hydrogens (tertiary/aromatic N) is 2. The molecular formula is C50H36N2Si. The van der Waals surface area contributed by atoms with Gasteiger partial charge in [-0.2, -0.15) is 0 Å². The summed E-state index contributed by atoms with van der Waals surface area (Å²) in [6.45, 7) is 4.90. The summed E-state index contributed by atoms with van der Waals surface area (Å²) >= 11 is 0. The van der Waals surface area contributed by atoms with Gasteiger partial charge < -0.3 is 0 Å². The zero-order chi connectivity index (χ0) is 35.5. The highest BCUT2D eigenvalue weighted by molar-refractivity contribution is 7.03. The summed E-state index contributed by atoms with van der Waals surface area (Å²) in [4.78, 5) is 11.1. The van der Waals surface area contributed by atoms with Gasteiger partial charge in [-0.05, 0) is 77.8 Å². The molecule has 0 fully saturated rings. The van der Waals surface area contributed by atoms with Crippen LogP contribution in [0.25, 0.3) is 88.7 Å². The number of aromatic nitrogens is 2. The minimum Gasteiger partial charge on any atom is -0.237 e. The van der Waals surface area contributed by atoms with Gasteiger partial charge in [0.15, 0.2) is 5.82 Å². The van der Waals surface area contributed by atoms with Gasteiger partial charge in [0.2, 0.25) is 0 Å². The molecule has 0 unspecified atom stereocenters. The highest BCUT2D eigenvalue weighted by Crippen LogP contribution is 2.41. The molecule has 53 heavy (non-hydrogen) atoms. The molecule has 3 heteroatoms. The third kappa shape index (κ3) is 5.24. The van der Waals surface area contributed by atoms with Crippen molar-refractivity contribution < 1.29 is 0 Å². The van der Waals surface area contributed by atoms with E-state index >= 15 is 0 Å². The van der Waals surface area contributed by atoms with Gasteiger partial charge in [0.1, 0.15) is 8.07 Å². The molecular weight excluding hydrogens is 657 g/mol. The van der Waals surface area contributed by atoms with Crippen LogP contribution in [0.3, 0.4) is 0 Å². The lowest BCUT2D eigenvalue weighted by atomic mass is 9.93. The van der Waals surface area contributed by atoms with Crippen LogP contribution in [-0.2, 0) is 0 Å². The first-order chi connectivity index (χ1) is 26.0. The summed E-state index contributed by atoms with van der Waals surface area (Å²) < 4.78 is 0. The van der Waals surface area contributed by atoms with Crippen LogP contribution >= 0.6 is 0 Å². The Labute approximate surface area is 311 Å². The van der Waals surface area contributed by atoms with Crippen molar-refractivity contribution >= 4 is 40.1 Å². The van der Waals surface area contributed by atoms with Crippen LogP contribution in [-0.4, -0.2) is 18.0 Å². The Kier molecular flexibility index (Phi) is 7.31. The van der Waals surface area contributed by atoms with Gasteiger partial charge >= 0.3 is 0 Å². The largest absolute Gasteiger partial charge is 0.237 e. The summed E-state index contributed by atoms with van der Waals surface area (Å²) in [6, 6.07) is 65.7. The molecule has 10 rings (SSSR count). The molecule has 9 aromatic rings. The molecule has 0 bridgehead atoms. The van der Waals surface area contributed by atoms with Crippen molar-refractivity contribution in [2.45, 2.75) is 13.1 Å². The van der Waals surface area contributed by atoms with Crippen molar-refractivity contribution in [3.05, 3.63) is 182 Å². The molecule has 0 aliphatic carbocycles. The van der Waals surface area contributed by atoms with E-state index in [9.17, 15) is 0 Å². The Morgan fingerprint density at radius 3 is 1.62 bits per heavy atom. The van der Waals surface area contributed by atoms with E-state index in [1.165, 1.54) is 71.0 Å². The number of fused-ring (bicyclic) bond motifs is 6. The molecule has 0 atom stereocenters. The fraction of sp³-hybridized carbons (Fsp3) is 0.0400. The normalized spacial score (nSPS) is 12.9. The minimum absolute atomic E-state index is 0.791. The third-order valence-electron chi connectivity index (χ3n) is 11.0. The first-order valence-electron chi connectivity index (χ1n) is 18.3. The van der Waals surface area contributed by atoms with E-state index in [1.54, 1.807) is 0 Å². The molecule has 2 nitrogen and oxygen atoms in total. The number of hydrogen-bond acceptors (Lipinski definition) is 2. The van der Waals surface area contributed by atoms with E-state index in [4.69, 9.17) is 9.97 Å². The second kappa shape index (κ2) is 12.4. The Bertz CT molecular complexity index is 2850. The summed E-state index contributed by atoms with van der Waals surface area (Å²) in [5, 5.41) is 7.52. The molecule has 1 aliphatic heterocycles. The third-order valence-corrected chi connectivity index (χ3v) is 14.4. The van der Waals surface area contributed by atoms with E-state index in [2.05, 4.69) is 195 Å². The summed E-state index contributed by atoms with van der Waals surface area (Å²) in [5.41, 5.74) is 12.9. The van der Waals surface area contributed by atoms with E-state index in [1.807, 2.05) is 0 Å². The Balaban J connectivity index is 1.15. The standard InChI is InChI=1S/C50H36N2Si/c1-53(2)45-30-29-37-16-7-9-23-43(37)46(45)47-48(51-49(52-50(47)53)44-24-12-17-36-15-6-8-22-42(36)44)41-21-11-20-40(32-41)39-19-10-18-38(31-39)35-27-25-34(26-28-35)33-13-4-3-5-14-33/h3-32H,1-2H3. The van der Waals surface area contributed by atoms with Crippen LogP contribution in [0.1, 0.15) is 0 Å². The molecule has 0 amide bonds. The predicted octanol–water partition coefficient (Wildman–Crippen LogP) is 11.9. The summed E-state index contributed by atoms with van der Waals surface area (Å²) in [7, 11) is -2.19. The molecule has 1 aromatic heterocycles. The van der Waals surface area contributed by atoms with Crippen LogP contribution in [0.4, 0.5) is 0 Å². The van der Waals surface area contributed by atoms with Crippen LogP contribution in [0.2, 0.25) is 13.1 Å². The van der Waals surface area contributed by atoms with Crippen molar-refractivity contribution in [2.75, 3.05) is 0 Å². The van der Waals surface area contributed by atoms with Gasteiger partial charge in [0.25, 0.3) is 0 Å². The first kappa shape index (κ1) is 31.3. The molecule has 0 N–H and O–H groups in total. The molecule has 0 saturated carbocycles. The van der Waals surface area contributed by atoms with Gasteiger partial charge in [0, 0.05) is 22.0 Å². The molecule has 0 radical (unpaired) electrons. The highest BCUT2D eigenvalue weighted by Gasteiger charge is 2.42. The zero-order valence-corrected chi connectivity index (χ0v) is 30.7. The number of rotatable bonds is 5. The Morgan fingerprint density at radius 1 is 0.377 bits per heavy atom. The fourth-order valence-corrected chi connectivity index (χ4v) is 11.2. The van der Waals surface area contributed by atoms with Gasteiger partial charge in [-0.25, -0.2) is 9.97 Å². The monoisotopic (exact) mass is 692 g/mol. The Hall–Kier alpha value is -6.42. The maximum absolute atomic E-state index is 5.55. The van der Waals surface area contributed by atoms with Crippen molar-refractivity contribution in [1.82, 2.24) is 9.97 Å². The zero-order valence-electron chi connectivity index (χ0n) is 29.7. The maximum atomic E-state index is 5.55. The van der Waals surface area contributed by atoms with Crippen molar-refractivity contribution in [3.63, 3.8) is 0 Å². The van der Waals surface area contributed by atoms with E-state index in [0.29, 0.717) is 0 Å². The molecule has 0 spiro atoms. The Morgan fingerprint density at radius 2 is 0.887 bits per heavy atom. The van der Waals surface area contributed by atoms with Crippen LogP contribution in [0, 0.1) is 0 Å². The van der Waals surface area contributed by atoms with Gasteiger partial charge in [-0.1, -0.05) is 183 Å². The van der Waals surface area contributed by atoms with Crippen molar-refractivity contribution in [3.8, 4) is 67.2 Å². The van der Waals surface area contributed by atoms with Crippen LogP contribution in [0.5, 0.6) is 0 Å². The van der Waals surface area contributed by atoms with Crippen LogP contribution in [0.15, 0.2) is 182 Å². The van der Waals surface area contributed by atoms with E-state index in [-0.39, 0.29) is 0 Å². The fourth-order valence-electron chi connectivity index (χ4n) is 8.30. The lowest BCUT2D eigenvalue weighted by molar-refractivity contribution is 1.21. The molecule has 2 heterocycles. The maximum Gasteiger partial charge on any atom is 0.160 e. The molecule has 250 valence electrons. The van der Waals surface area contributed by atoms with Gasteiger partial charge in [-0.15, -0.1) is 0 Å².